The van der Waals surface area contributed by atoms with Gasteiger partial charge in [0.25, 0.3) is 0 Å². The number of rotatable bonds is 8. The van der Waals surface area contributed by atoms with Gasteiger partial charge >= 0.3 is 5.97 Å². The van der Waals surface area contributed by atoms with Gasteiger partial charge in [-0.3, -0.25) is 9.69 Å². The Kier molecular flexibility index (Phi) is 9.14. The molecule has 0 spiro atoms. The summed E-state index contributed by atoms with van der Waals surface area (Å²) in [6.07, 6.45) is 4.45. The maximum Gasteiger partial charge on any atom is 0.321 e. The molecule has 2 aromatic carbocycles. The number of nitrogens with zero attached hydrogens (tertiary/aromatic N) is 3. The van der Waals surface area contributed by atoms with Gasteiger partial charge < -0.3 is 14.7 Å². The quantitative estimate of drug-likeness (QED) is 0.491. The van der Waals surface area contributed by atoms with Gasteiger partial charge in [0.15, 0.2) is 0 Å². The Balaban J connectivity index is 1.24. The number of benzene rings is 2. The minimum Gasteiger partial charge on any atom is -0.490 e. The van der Waals surface area contributed by atoms with Crippen molar-refractivity contribution in [3.63, 3.8) is 0 Å². The minimum absolute atomic E-state index is 0.173. The average Bonchev–Trinajstić information content (AvgIpc) is 2.89. The molecule has 0 unspecified atom stereocenters. The van der Waals surface area contributed by atoms with E-state index in [4.69, 9.17) is 27.9 Å². The Labute approximate surface area is 223 Å². The molecule has 0 bridgehead atoms. The normalized spacial score (nSPS) is 19.1. The highest BCUT2D eigenvalue weighted by Crippen LogP contribution is 2.33. The highest BCUT2D eigenvalue weighted by Gasteiger charge is 2.31. The number of carboxylic acids is 1. The molecule has 1 N–H and O–H groups in total. The summed E-state index contributed by atoms with van der Waals surface area (Å²) in [7, 11) is 0. The van der Waals surface area contributed by atoms with E-state index in [9.17, 15) is 15.2 Å². The molecule has 36 heavy (non-hydrogen) atoms. The van der Waals surface area contributed by atoms with Gasteiger partial charge in [0.05, 0.1) is 21.7 Å². The van der Waals surface area contributed by atoms with Crippen LogP contribution in [0.5, 0.6) is 5.75 Å². The van der Waals surface area contributed by atoms with E-state index < -0.39 is 12.0 Å². The van der Waals surface area contributed by atoms with Crippen LogP contribution in [-0.2, 0) is 11.2 Å². The van der Waals surface area contributed by atoms with Crippen molar-refractivity contribution in [3.8, 4) is 11.8 Å². The summed E-state index contributed by atoms with van der Waals surface area (Å²) in [5.41, 5.74) is 2.24. The molecule has 2 aromatic rings. The first kappa shape index (κ1) is 26.8. The van der Waals surface area contributed by atoms with Crippen LogP contribution in [-0.4, -0.2) is 65.7 Å². The van der Waals surface area contributed by atoms with E-state index >= 15 is 0 Å². The van der Waals surface area contributed by atoms with E-state index in [1.54, 1.807) is 12.1 Å². The zero-order valence-corrected chi connectivity index (χ0v) is 22.1. The summed E-state index contributed by atoms with van der Waals surface area (Å²) in [5.74, 6) is 0.554. The number of hydrogen-bond donors (Lipinski definition) is 1. The van der Waals surface area contributed by atoms with Gasteiger partial charge in [-0.15, -0.1) is 0 Å². The number of carboxylic acid groups (broad SMARTS) is 1. The second-order valence-electron chi connectivity index (χ2n) is 9.91. The van der Waals surface area contributed by atoms with E-state index in [-0.39, 0.29) is 6.10 Å². The summed E-state index contributed by atoms with van der Waals surface area (Å²) >= 11 is 12.4. The molecule has 0 saturated carbocycles. The smallest absolute Gasteiger partial charge is 0.321 e. The Morgan fingerprint density at radius 2 is 1.81 bits per heavy atom. The molecule has 0 aromatic heterocycles. The molecular formula is C28H33Cl2N3O3. The highest BCUT2D eigenvalue weighted by molar-refractivity contribution is 6.42. The van der Waals surface area contributed by atoms with Gasteiger partial charge in [-0.1, -0.05) is 41.4 Å². The van der Waals surface area contributed by atoms with Crippen molar-refractivity contribution in [2.75, 3.05) is 32.7 Å². The van der Waals surface area contributed by atoms with Crippen LogP contribution in [0.25, 0.3) is 0 Å². The molecule has 2 aliphatic heterocycles. The van der Waals surface area contributed by atoms with E-state index in [0.717, 1.165) is 75.3 Å². The molecular weight excluding hydrogens is 497 g/mol. The van der Waals surface area contributed by atoms with Crippen molar-refractivity contribution >= 4 is 29.2 Å². The fourth-order valence-electron chi connectivity index (χ4n) is 5.35. The number of halogens is 2. The van der Waals surface area contributed by atoms with Gasteiger partial charge in [0, 0.05) is 25.2 Å². The zero-order chi connectivity index (χ0) is 25.7. The Morgan fingerprint density at radius 3 is 2.47 bits per heavy atom. The third kappa shape index (κ3) is 6.52. The summed E-state index contributed by atoms with van der Waals surface area (Å²) in [5, 5.41) is 20.4. The van der Waals surface area contributed by atoms with Crippen molar-refractivity contribution < 1.29 is 14.6 Å². The fraction of sp³-hybridized carbons (Fsp3) is 0.500. The van der Waals surface area contributed by atoms with Gasteiger partial charge in [-0.2, -0.15) is 5.26 Å². The lowest BCUT2D eigenvalue weighted by molar-refractivity contribution is -0.144. The van der Waals surface area contributed by atoms with Gasteiger partial charge in [0.2, 0.25) is 0 Å². The van der Waals surface area contributed by atoms with Crippen molar-refractivity contribution in [2.45, 2.75) is 51.2 Å². The number of ether oxygens (including phenoxy) is 1. The van der Waals surface area contributed by atoms with Crippen molar-refractivity contribution in [1.82, 2.24) is 9.80 Å². The van der Waals surface area contributed by atoms with Gasteiger partial charge in [0.1, 0.15) is 17.9 Å². The number of nitriles is 1. The van der Waals surface area contributed by atoms with Crippen LogP contribution in [0, 0.1) is 24.2 Å². The molecule has 2 heterocycles. The van der Waals surface area contributed by atoms with Crippen LogP contribution in [0.15, 0.2) is 36.4 Å². The monoisotopic (exact) mass is 529 g/mol. The van der Waals surface area contributed by atoms with Crippen LogP contribution in [0.1, 0.15) is 42.4 Å². The summed E-state index contributed by atoms with van der Waals surface area (Å²) in [6.45, 7) is 6.50. The Bertz CT molecular complexity index is 1100. The van der Waals surface area contributed by atoms with Crippen LogP contribution >= 0.6 is 23.2 Å². The Morgan fingerprint density at radius 1 is 1.11 bits per heavy atom. The van der Waals surface area contributed by atoms with Crippen LogP contribution < -0.4 is 4.74 Å². The number of hydrogen-bond acceptors (Lipinski definition) is 5. The predicted octanol–water partition coefficient (Wildman–Crippen LogP) is 5.42. The second kappa shape index (κ2) is 12.3. The van der Waals surface area contributed by atoms with E-state index in [1.165, 1.54) is 0 Å². The van der Waals surface area contributed by atoms with Crippen LogP contribution in [0.3, 0.4) is 0 Å². The maximum atomic E-state index is 12.1. The molecule has 1 atom stereocenters. The SMILES string of the molecule is Cc1c(OC2CCN(CC3CCN([C@@H](Cc4ccccc4C#N)C(=O)O)CC3)CC2)ccc(Cl)c1Cl. The third-order valence-electron chi connectivity index (χ3n) is 7.56. The summed E-state index contributed by atoms with van der Waals surface area (Å²) < 4.78 is 6.24. The molecule has 6 nitrogen and oxygen atoms in total. The minimum atomic E-state index is -0.819. The first-order chi connectivity index (χ1) is 17.4. The first-order valence-electron chi connectivity index (χ1n) is 12.6. The molecule has 0 amide bonds. The predicted molar refractivity (Wildman–Crippen MR) is 142 cm³/mol. The van der Waals surface area contributed by atoms with Crippen LogP contribution in [0.2, 0.25) is 10.0 Å². The van der Waals surface area contributed by atoms with E-state index in [0.29, 0.717) is 27.9 Å². The summed E-state index contributed by atoms with van der Waals surface area (Å²) in [4.78, 5) is 16.7. The standard InChI is InChI=1S/C28H33Cl2N3O3/c1-19-26(7-6-24(29)27(19)30)36-23-10-12-32(13-11-23)18-20-8-14-33(15-9-20)25(28(34)35)16-21-4-2-3-5-22(21)17-31/h2-7,20,23,25H,8-16,18H2,1H3,(H,34,35)/t25-/m0/s1. The van der Waals surface area contributed by atoms with Gasteiger partial charge in [-0.25, -0.2) is 0 Å². The molecule has 192 valence electrons. The van der Waals surface area contributed by atoms with Crippen LogP contribution in [0.4, 0.5) is 0 Å². The number of aliphatic carboxylic acids is 1. The lowest BCUT2D eigenvalue weighted by atomic mass is 9.92. The molecule has 8 heteroatoms. The van der Waals surface area contributed by atoms with Crippen molar-refractivity contribution in [1.29, 1.82) is 5.26 Å². The van der Waals surface area contributed by atoms with E-state index in [2.05, 4.69) is 15.9 Å². The Hall–Kier alpha value is -2.30. The molecule has 0 radical (unpaired) electrons. The number of likely N-dealkylation sites (tertiary alicyclic amines) is 2. The molecule has 2 aliphatic rings. The number of carbonyl (C=O) groups is 1. The zero-order valence-electron chi connectivity index (χ0n) is 20.6. The molecule has 4 rings (SSSR count). The average molecular weight is 530 g/mol. The molecule has 2 fully saturated rings. The topological polar surface area (TPSA) is 76.8 Å². The molecule has 0 aliphatic carbocycles. The lowest BCUT2D eigenvalue weighted by Crippen LogP contribution is -2.49. The third-order valence-corrected chi connectivity index (χ3v) is 8.46. The lowest BCUT2D eigenvalue weighted by Gasteiger charge is -2.39. The van der Waals surface area contributed by atoms with E-state index in [1.807, 2.05) is 31.2 Å². The van der Waals surface area contributed by atoms with Gasteiger partial charge in [-0.05, 0) is 81.8 Å². The first-order valence-corrected chi connectivity index (χ1v) is 13.4. The largest absolute Gasteiger partial charge is 0.490 e. The highest BCUT2D eigenvalue weighted by atomic mass is 35.5. The maximum absolute atomic E-state index is 12.1. The fourth-order valence-corrected chi connectivity index (χ4v) is 5.71. The van der Waals surface area contributed by atoms with Crippen molar-refractivity contribution in [2.24, 2.45) is 5.92 Å². The second-order valence-corrected chi connectivity index (χ2v) is 10.7. The molecule has 2 saturated heterocycles. The number of piperidine rings is 2. The summed E-state index contributed by atoms with van der Waals surface area (Å²) in [6, 6.07) is 12.5. The van der Waals surface area contributed by atoms with Crippen molar-refractivity contribution in [3.05, 3.63) is 63.1 Å².